The van der Waals surface area contributed by atoms with Crippen molar-refractivity contribution in [3.63, 3.8) is 0 Å². The number of nitrogens with zero attached hydrogens (tertiary/aromatic N) is 1. The van der Waals surface area contributed by atoms with Gasteiger partial charge in [0.2, 0.25) is 10.0 Å². The zero-order valence-electron chi connectivity index (χ0n) is 17.9. The van der Waals surface area contributed by atoms with E-state index in [1.807, 2.05) is 6.92 Å². The van der Waals surface area contributed by atoms with Crippen molar-refractivity contribution >= 4 is 21.7 Å². The Morgan fingerprint density at radius 1 is 1.17 bits per heavy atom. The molecule has 3 rings (SSSR count). The molecule has 1 amide bonds. The lowest BCUT2D eigenvalue weighted by molar-refractivity contribution is 0.0670. The summed E-state index contributed by atoms with van der Waals surface area (Å²) < 4.78 is 27.8. The molecular formula is C22H29N3O4S. The maximum absolute atomic E-state index is 13.1. The first-order chi connectivity index (χ1) is 14.1. The van der Waals surface area contributed by atoms with E-state index in [0.29, 0.717) is 35.6 Å². The normalized spacial score (nSPS) is 17.2. The highest BCUT2D eigenvalue weighted by Crippen LogP contribution is 2.23. The molecule has 0 bridgehead atoms. The molecule has 30 heavy (non-hydrogen) atoms. The van der Waals surface area contributed by atoms with Crippen LogP contribution in [0.4, 0.5) is 0 Å². The van der Waals surface area contributed by atoms with E-state index in [4.69, 9.17) is 0 Å². The molecule has 1 fully saturated rings. The second-order valence-electron chi connectivity index (χ2n) is 8.11. The SMILES string of the molecule is CC(=O)c1c(C)[nH]c(C(=O)N2CCCC(CNS(=O)(=O)c3ccc(C)cc3)C2)c1C. The van der Waals surface area contributed by atoms with Crippen LogP contribution in [0.2, 0.25) is 0 Å². The van der Waals surface area contributed by atoms with Crippen molar-refractivity contribution in [1.29, 1.82) is 0 Å². The summed E-state index contributed by atoms with van der Waals surface area (Å²) in [6, 6.07) is 6.73. The fourth-order valence-corrected chi connectivity index (χ4v) is 5.21. The number of amides is 1. The third kappa shape index (κ3) is 4.65. The number of hydrogen-bond acceptors (Lipinski definition) is 4. The van der Waals surface area contributed by atoms with Crippen LogP contribution >= 0.6 is 0 Å². The van der Waals surface area contributed by atoms with Crippen molar-refractivity contribution in [1.82, 2.24) is 14.6 Å². The minimum absolute atomic E-state index is 0.0339. The Labute approximate surface area is 177 Å². The molecule has 0 aliphatic carbocycles. The molecule has 162 valence electrons. The Bertz CT molecular complexity index is 1050. The van der Waals surface area contributed by atoms with Gasteiger partial charge in [-0.1, -0.05) is 17.7 Å². The number of piperidine rings is 1. The van der Waals surface area contributed by atoms with Crippen LogP contribution in [-0.4, -0.2) is 49.6 Å². The number of Topliss-reactive ketones (excluding diaryl/α,β-unsaturated/α-hetero) is 1. The number of hydrogen-bond donors (Lipinski definition) is 2. The molecule has 7 nitrogen and oxygen atoms in total. The van der Waals surface area contributed by atoms with Gasteiger partial charge < -0.3 is 9.88 Å². The maximum Gasteiger partial charge on any atom is 0.270 e. The highest BCUT2D eigenvalue weighted by molar-refractivity contribution is 7.89. The lowest BCUT2D eigenvalue weighted by atomic mass is 9.97. The van der Waals surface area contributed by atoms with Gasteiger partial charge in [0.05, 0.1) is 4.90 Å². The minimum atomic E-state index is -3.58. The lowest BCUT2D eigenvalue weighted by Gasteiger charge is -2.32. The average molecular weight is 432 g/mol. The van der Waals surface area contributed by atoms with Crippen LogP contribution in [0.25, 0.3) is 0 Å². The van der Waals surface area contributed by atoms with E-state index in [1.165, 1.54) is 6.92 Å². The van der Waals surface area contributed by atoms with Gasteiger partial charge >= 0.3 is 0 Å². The maximum atomic E-state index is 13.1. The van der Waals surface area contributed by atoms with E-state index in [9.17, 15) is 18.0 Å². The summed E-state index contributed by atoms with van der Waals surface area (Å²) in [6.45, 7) is 8.35. The van der Waals surface area contributed by atoms with Crippen LogP contribution in [-0.2, 0) is 10.0 Å². The highest BCUT2D eigenvalue weighted by atomic mass is 32.2. The summed E-state index contributed by atoms with van der Waals surface area (Å²) in [7, 11) is -3.58. The second-order valence-corrected chi connectivity index (χ2v) is 9.87. The van der Waals surface area contributed by atoms with Gasteiger partial charge in [0, 0.05) is 30.9 Å². The van der Waals surface area contributed by atoms with Gasteiger partial charge in [0.25, 0.3) is 5.91 Å². The predicted molar refractivity (Wildman–Crippen MR) is 115 cm³/mol. The van der Waals surface area contributed by atoms with E-state index in [1.54, 1.807) is 43.0 Å². The number of likely N-dealkylation sites (tertiary alicyclic amines) is 1. The predicted octanol–water partition coefficient (Wildman–Crippen LogP) is 2.97. The van der Waals surface area contributed by atoms with Crippen molar-refractivity contribution < 1.29 is 18.0 Å². The number of ketones is 1. The largest absolute Gasteiger partial charge is 0.354 e. The molecule has 1 aliphatic heterocycles. The zero-order valence-corrected chi connectivity index (χ0v) is 18.7. The Kier molecular flexibility index (Phi) is 6.47. The quantitative estimate of drug-likeness (QED) is 0.687. The van der Waals surface area contributed by atoms with Crippen molar-refractivity contribution in [3.8, 4) is 0 Å². The third-order valence-corrected chi connectivity index (χ3v) is 7.14. The Hall–Kier alpha value is -2.45. The molecule has 1 aromatic carbocycles. The molecule has 0 saturated carbocycles. The van der Waals surface area contributed by atoms with E-state index < -0.39 is 10.0 Å². The molecule has 1 aromatic heterocycles. The number of sulfonamides is 1. The highest BCUT2D eigenvalue weighted by Gasteiger charge is 2.29. The number of carbonyl (C=O) groups is 2. The van der Waals surface area contributed by atoms with Crippen molar-refractivity contribution in [3.05, 3.63) is 52.3 Å². The van der Waals surface area contributed by atoms with Crippen LogP contribution in [0.5, 0.6) is 0 Å². The summed E-state index contributed by atoms with van der Waals surface area (Å²) in [5, 5.41) is 0. The first-order valence-electron chi connectivity index (χ1n) is 10.2. The van der Waals surface area contributed by atoms with Crippen LogP contribution in [0.1, 0.15) is 57.4 Å². The van der Waals surface area contributed by atoms with E-state index in [2.05, 4.69) is 9.71 Å². The minimum Gasteiger partial charge on any atom is -0.354 e. The van der Waals surface area contributed by atoms with Crippen molar-refractivity contribution in [2.75, 3.05) is 19.6 Å². The van der Waals surface area contributed by atoms with Gasteiger partial charge in [-0.25, -0.2) is 13.1 Å². The summed E-state index contributed by atoms with van der Waals surface area (Å²) >= 11 is 0. The topological polar surface area (TPSA) is 99.3 Å². The van der Waals surface area contributed by atoms with Crippen LogP contribution in [0.3, 0.4) is 0 Å². The number of aryl methyl sites for hydroxylation is 2. The molecule has 2 N–H and O–H groups in total. The number of rotatable bonds is 6. The number of carbonyl (C=O) groups excluding carboxylic acids is 2. The number of aromatic amines is 1. The molecule has 8 heteroatoms. The molecule has 1 saturated heterocycles. The molecular weight excluding hydrogens is 402 g/mol. The number of aromatic nitrogens is 1. The van der Waals surface area contributed by atoms with Crippen LogP contribution < -0.4 is 4.72 Å². The van der Waals surface area contributed by atoms with E-state index >= 15 is 0 Å². The third-order valence-electron chi connectivity index (χ3n) is 5.70. The second kappa shape index (κ2) is 8.73. The van der Waals surface area contributed by atoms with Crippen LogP contribution in [0.15, 0.2) is 29.2 Å². The fourth-order valence-electron chi connectivity index (χ4n) is 4.09. The summed E-state index contributed by atoms with van der Waals surface area (Å²) in [5.41, 5.74) is 3.38. The first-order valence-corrected chi connectivity index (χ1v) is 11.6. The van der Waals surface area contributed by atoms with Gasteiger partial charge in [-0.2, -0.15) is 0 Å². The first kappa shape index (κ1) is 22.2. The molecule has 2 aromatic rings. The monoisotopic (exact) mass is 431 g/mol. The number of nitrogens with one attached hydrogen (secondary N) is 2. The standard InChI is InChI=1S/C22H29N3O4S/c1-14-7-9-19(10-8-14)30(28,29)23-12-18-6-5-11-25(13-18)22(27)21-15(2)20(17(4)26)16(3)24-21/h7-10,18,23-24H,5-6,11-13H2,1-4H3. The van der Waals surface area contributed by atoms with Crippen molar-refractivity contribution in [2.45, 2.75) is 45.4 Å². The fraction of sp³-hybridized carbons (Fsp3) is 0.455. The molecule has 1 atom stereocenters. The Balaban J connectivity index is 1.67. The Morgan fingerprint density at radius 3 is 2.43 bits per heavy atom. The molecule has 1 aliphatic rings. The van der Waals surface area contributed by atoms with Crippen molar-refractivity contribution in [2.24, 2.45) is 5.92 Å². The number of H-pyrrole nitrogens is 1. The van der Waals surface area contributed by atoms with Gasteiger partial charge in [-0.3, -0.25) is 9.59 Å². The molecule has 0 spiro atoms. The van der Waals surface area contributed by atoms with Crippen LogP contribution in [0, 0.1) is 26.7 Å². The molecule has 2 heterocycles. The smallest absolute Gasteiger partial charge is 0.270 e. The van der Waals surface area contributed by atoms with Gasteiger partial charge in [-0.15, -0.1) is 0 Å². The van der Waals surface area contributed by atoms with E-state index in [0.717, 1.165) is 18.4 Å². The average Bonchev–Trinajstić information content (AvgIpc) is 3.00. The molecule has 0 radical (unpaired) electrons. The summed E-state index contributed by atoms with van der Waals surface area (Å²) in [4.78, 5) is 30.0. The Morgan fingerprint density at radius 2 is 1.83 bits per heavy atom. The number of benzene rings is 1. The van der Waals surface area contributed by atoms with E-state index in [-0.39, 0.29) is 29.0 Å². The van der Waals surface area contributed by atoms with Gasteiger partial charge in [-0.05, 0) is 64.2 Å². The summed E-state index contributed by atoms with van der Waals surface area (Å²) in [5.74, 6) is -0.178. The lowest BCUT2D eigenvalue weighted by Crippen LogP contribution is -2.44. The zero-order chi connectivity index (χ0) is 22.1. The summed E-state index contributed by atoms with van der Waals surface area (Å²) in [6.07, 6.45) is 1.66. The molecule has 1 unspecified atom stereocenters. The van der Waals surface area contributed by atoms with Gasteiger partial charge in [0.15, 0.2) is 5.78 Å². The van der Waals surface area contributed by atoms with Gasteiger partial charge in [0.1, 0.15) is 5.69 Å².